The maximum Gasteiger partial charge on any atom is 0.261 e. The number of nitrogens with two attached hydrogens (primary N) is 1. The van der Waals surface area contributed by atoms with Gasteiger partial charge in [-0.15, -0.1) is 0 Å². The van der Waals surface area contributed by atoms with Crippen molar-refractivity contribution in [3.05, 3.63) is 70.8 Å². The number of nitrogens with one attached hydrogen (secondary N) is 2. The standard InChI is InChI=1S/C26H24FN9O2/c1-26(2,13-28)15-8-14-6-7-36(23(38)21(14)19(27)9-15)20-5-3-4-17(18(20)12-37)22-33-24(29)35-25(34-22)32-16-10-30-31-11-16/h3-5,8-11,37H,6-7,12H2,1-2H3,(H,30,31)(H3,29,32,33,34,35). The Morgan fingerprint density at radius 3 is 2.82 bits per heavy atom. The number of aliphatic hydroxyl groups is 1. The van der Waals surface area contributed by atoms with Gasteiger partial charge in [-0.1, -0.05) is 18.2 Å². The number of anilines is 4. The van der Waals surface area contributed by atoms with Gasteiger partial charge in [0.15, 0.2) is 5.82 Å². The highest BCUT2D eigenvalue weighted by Crippen LogP contribution is 2.35. The summed E-state index contributed by atoms with van der Waals surface area (Å²) in [6.45, 7) is 3.23. The molecule has 12 heteroatoms. The molecule has 38 heavy (non-hydrogen) atoms. The summed E-state index contributed by atoms with van der Waals surface area (Å²) in [5, 5.41) is 29.3. The number of halogens is 1. The van der Waals surface area contributed by atoms with Gasteiger partial charge in [-0.25, -0.2) is 4.39 Å². The number of rotatable bonds is 6. The van der Waals surface area contributed by atoms with Gasteiger partial charge in [0.25, 0.3) is 5.91 Å². The van der Waals surface area contributed by atoms with Crippen LogP contribution >= 0.6 is 0 Å². The van der Waals surface area contributed by atoms with E-state index in [1.807, 2.05) is 0 Å². The van der Waals surface area contributed by atoms with E-state index in [1.165, 1.54) is 11.0 Å². The Labute approximate surface area is 217 Å². The van der Waals surface area contributed by atoms with E-state index in [1.54, 1.807) is 50.5 Å². The summed E-state index contributed by atoms with van der Waals surface area (Å²) in [4.78, 5) is 27.7. The first kappa shape index (κ1) is 24.8. The van der Waals surface area contributed by atoms with Crippen LogP contribution in [0.25, 0.3) is 11.4 Å². The molecule has 4 aromatic rings. The molecule has 5 rings (SSSR count). The van der Waals surface area contributed by atoms with Gasteiger partial charge in [0.2, 0.25) is 11.9 Å². The monoisotopic (exact) mass is 513 g/mol. The van der Waals surface area contributed by atoms with Gasteiger partial charge in [-0.05, 0) is 43.5 Å². The Bertz CT molecular complexity index is 1580. The molecule has 5 N–H and O–H groups in total. The number of H-pyrrole nitrogens is 1. The van der Waals surface area contributed by atoms with Gasteiger partial charge in [0, 0.05) is 23.9 Å². The largest absolute Gasteiger partial charge is 0.392 e. The maximum absolute atomic E-state index is 15.2. The molecule has 1 aliphatic rings. The number of nitrogen functional groups attached to an aromatic ring is 1. The Hall–Kier alpha value is -4.89. The number of carbonyl (C=O) groups excluding carboxylic acids is 1. The highest BCUT2D eigenvalue weighted by Gasteiger charge is 2.33. The van der Waals surface area contributed by atoms with Crippen LogP contribution in [0, 0.1) is 17.1 Å². The molecule has 0 aliphatic carbocycles. The summed E-state index contributed by atoms with van der Waals surface area (Å²) in [6, 6.07) is 10.2. The first-order valence-electron chi connectivity index (χ1n) is 11.8. The molecule has 0 radical (unpaired) electrons. The number of nitriles is 1. The van der Waals surface area contributed by atoms with Crippen molar-refractivity contribution < 1.29 is 14.3 Å². The minimum Gasteiger partial charge on any atom is -0.392 e. The Kier molecular flexibility index (Phi) is 6.22. The molecule has 0 saturated heterocycles. The van der Waals surface area contributed by atoms with Gasteiger partial charge in [-0.2, -0.15) is 25.3 Å². The first-order chi connectivity index (χ1) is 18.2. The van der Waals surface area contributed by atoms with E-state index in [0.717, 1.165) is 0 Å². The summed E-state index contributed by atoms with van der Waals surface area (Å²) < 4.78 is 15.2. The Morgan fingerprint density at radius 2 is 2.11 bits per heavy atom. The fourth-order valence-electron chi connectivity index (χ4n) is 4.44. The van der Waals surface area contributed by atoms with E-state index in [-0.39, 0.29) is 29.8 Å². The summed E-state index contributed by atoms with van der Waals surface area (Å²) in [7, 11) is 0. The van der Waals surface area contributed by atoms with E-state index >= 15 is 4.39 Å². The minimum atomic E-state index is -0.897. The average Bonchev–Trinajstić information content (AvgIpc) is 3.40. The Morgan fingerprint density at radius 1 is 1.29 bits per heavy atom. The molecule has 3 heterocycles. The summed E-state index contributed by atoms with van der Waals surface area (Å²) in [6.07, 6.45) is 3.53. The van der Waals surface area contributed by atoms with Gasteiger partial charge >= 0.3 is 0 Å². The number of amides is 1. The number of aromatic amines is 1. The van der Waals surface area contributed by atoms with Gasteiger partial charge < -0.3 is 21.1 Å². The molecule has 1 amide bonds. The van der Waals surface area contributed by atoms with Crippen molar-refractivity contribution in [1.29, 1.82) is 5.26 Å². The minimum absolute atomic E-state index is 0.0426. The molecular weight excluding hydrogens is 489 g/mol. The van der Waals surface area contributed by atoms with E-state index in [2.05, 4.69) is 36.5 Å². The highest BCUT2D eigenvalue weighted by molar-refractivity contribution is 6.09. The topological polar surface area (TPSA) is 170 Å². The van der Waals surface area contributed by atoms with Crippen molar-refractivity contribution in [2.75, 3.05) is 22.5 Å². The second-order valence-corrected chi connectivity index (χ2v) is 9.35. The third-order valence-electron chi connectivity index (χ3n) is 6.49. The molecule has 0 fully saturated rings. The fourth-order valence-corrected chi connectivity index (χ4v) is 4.44. The van der Waals surface area contributed by atoms with Crippen LogP contribution in [0.3, 0.4) is 0 Å². The zero-order valence-corrected chi connectivity index (χ0v) is 20.7. The maximum atomic E-state index is 15.2. The van der Waals surface area contributed by atoms with Crippen LogP contribution < -0.4 is 16.0 Å². The lowest BCUT2D eigenvalue weighted by Crippen LogP contribution is -2.39. The van der Waals surface area contributed by atoms with Crippen LogP contribution in [0.2, 0.25) is 0 Å². The molecule has 0 saturated carbocycles. The summed E-state index contributed by atoms with van der Waals surface area (Å²) in [5.74, 6) is -0.901. The van der Waals surface area contributed by atoms with Crippen molar-refractivity contribution in [3.8, 4) is 17.5 Å². The molecule has 1 aliphatic heterocycles. The lowest BCUT2D eigenvalue weighted by Gasteiger charge is -2.31. The number of carbonyl (C=O) groups is 1. The zero-order chi connectivity index (χ0) is 27.0. The molecule has 0 unspecified atom stereocenters. The summed E-state index contributed by atoms with van der Waals surface area (Å²) >= 11 is 0. The zero-order valence-electron chi connectivity index (χ0n) is 20.7. The van der Waals surface area contributed by atoms with Crippen molar-refractivity contribution in [2.24, 2.45) is 0 Å². The van der Waals surface area contributed by atoms with Crippen molar-refractivity contribution in [1.82, 2.24) is 25.1 Å². The number of nitrogens with zero attached hydrogens (tertiary/aromatic N) is 6. The number of hydrogen-bond acceptors (Lipinski definition) is 9. The van der Waals surface area contributed by atoms with E-state index in [9.17, 15) is 15.2 Å². The van der Waals surface area contributed by atoms with Crippen molar-refractivity contribution in [2.45, 2.75) is 32.3 Å². The predicted molar refractivity (Wildman–Crippen MR) is 138 cm³/mol. The third-order valence-corrected chi connectivity index (χ3v) is 6.49. The van der Waals surface area contributed by atoms with E-state index in [4.69, 9.17) is 5.73 Å². The smallest absolute Gasteiger partial charge is 0.261 e. The van der Waals surface area contributed by atoms with Crippen LogP contribution in [0.1, 0.15) is 40.9 Å². The van der Waals surface area contributed by atoms with Gasteiger partial charge in [-0.3, -0.25) is 9.89 Å². The molecule has 0 atom stereocenters. The normalized spacial score (nSPS) is 13.2. The number of aliphatic hydroxyl groups excluding tert-OH is 1. The molecule has 11 nitrogen and oxygen atoms in total. The number of aromatic nitrogens is 5. The second kappa shape index (κ2) is 9.53. The van der Waals surface area contributed by atoms with Crippen LogP contribution in [0.4, 0.5) is 27.7 Å². The second-order valence-electron chi connectivity index (χ2n) is 9.35. The van der Waals surface area contributed by atoms with Crippen molar-refractivity contribution >= 4 is 29.2 Å². The third kappa shape index (κ3) is 4.39. The van der Waals surface area contributed by atoms with Crippen molar-refractivity contribution in [3.63, 3.8) is 0 Å². The number of benzene rings is 2. The Balaban J connectivity index is 1.54. The first-order valence-corrected chi connectivity index (χ1v) is 11.8. The summed E-state index contributed by atoms with van der Waals surface area (Å²) in [5.41, 5.74) is 7.90. The number of fused-ring (bicyclic) bond motifs is 1. The van der Waals surface area contributed by atoms with Crippen LogP contribution in [0.15, 0.2) is 42.7 Å². The van der Waals surface area contributed by atoms with E-state index in [0.29, 0.717) is 40.0 Å². The predicted octanol–water partition coefficient (Wildman–Crippen LogP) is 3.22. The van der Waals surface area contributed by atoms with E-state index < -0.39 is 23.7 Å². The van der Waals surface area contributed by atoms with Crippen LogP contribution in [-0.2, 0) is 18.4 Å². The molecule has 0 bridgehead atoms. The quantitative estimate of drug-likeness (QED) is 0.302. The van der Waals surface area contributed by atoms with Gasteiger partial charge in [0.1, 0.15) is 5.82 Å². The van der Waals surface area contributed by atoms with Crippen LogP contribution in [-0.4, -0.2) is 42.7 Å². The van der Waals surface area contributed by atoms with Crippen LogP contribution in [0.5, 0.6) is 0 Å². The SMILES string of the molecule is CC(C)(C#N)c1cc(F)c2c(c1)CCN(c1cccc(-c3nc(N)nc(Nc4cn[nH]c4)n3)c1CO)C2=O. The molecule has 192 valence electrons. The molecule has 2 aromatic heterocycles. The molecule has 2 aromatic carbocycles. The lowest BCUT2D eigenvalue weighted by molar-refractivity contribution is 0.0976. The van der Waals surface area contributed by atoms with Gasteiger partial charge in [0.05, 0.1) is 41.2 Å². The fraction of sp³-hybridized carbons (Fsp3) is 0.231. The number of hydrogen-bond donors (Lipinski definition) is 4. The highest BCUT2D eigenvalue weighted by atomic mass is 19.1. The molecular formula is C26H24FN9O2. The average molecular weight is 514 g/mol. The lowest BCUT2D eigenvalue weighted by atomic mass is 9.83. The molecule has 0 spiro atoms.